The highest BCUT2D eigenvalue weighted by atomic mass is 19.1. The Labute approximate surface area is 112 Å². The van der Waals surface area contributed by atoms with Gasteiger partial charge in [0.1, 0.15) is 29.0 Å². The second-order valence-corrected chi connectivity index (χ2v) is 4.15. The van der Waals surface area contributed by atoms with E-state index in [0.29, 0.717) is 6.07 Å². The average molecular weight is 285 g/mol. The van der Waals surface area contributed by atoms with Crippen LogP contribution in [-0.4, -0.2) is 7.11 Å². The van der Waals surface area contributed by atoms with Gasteiger partial charge in [0.15, 0.2) is 0 Å². The first kappa shape index (κ1) is 14.3. The topological polar surface area (TPSA) is 35.2 Å². The summed E-state index contributed by atoms with van der Waals surface area (Å²) < 4.78 is 58.8. The molecule has 0 saturated heterocycles. The van der Waals surface area contributed by atoms with E-state index in [1.807, 2.05) is 0 Å². The van der Waals surface area contributed by atoms with E-state index >= 15 is 0 Å². The first-order chi connectivity index (χ1) is 9.43. The van der Waals surface area contributed by atoms with Crippen LogP contribution in [0.5, 0.6) is 5.75 Å². The van der Waals surface area contributed by atoms with Crippen LogP contribution >= 0.6 is 0 Å². The lowest BCUT2D eigenvalue weighted by Gasteiger charge is -2.16. The van der Waals surface area contributed by atoms with E-state index in [1.165, 1.54) is 7.11 Å². The molecule has 0 fully saturated rings. The lowest BCUT2D eigenvalue weighted by molar-refractivity contribution is 0.404. The number of rotatable bonds is 3. The molecule has 0 heterocycles. The minimum atomic E-state index is -1.39. The standard InChI is InChI=1S/C14H11F4NO/c1-20-8-5-11(17)13(12(18)6-8)14(19)9-3-2-7(15)4-10(9)16/h2-6,14H,19H2,1H3. The van der Waals surface area contributed by atoms with E-state index in [4.69, 9.17) is 10.5 Å². The fraction of sp³-hybridized carbons (Fsp3) is 0.143. The molecule has 0 aliphatic rings. The van der Waals surface area contributed by atoms with Crippen LogP contribution in [0, 0.1) is 23.3 Å². The Bertz CT molecular complexity index is 622. The van der Waals surface area contributed by atoms with Crippen molar-refractivity contribution in [1.82, 2.24) is 0 Å². The number of methoxy groups -OCH3 is 1. The van der Waals surface area contributed by atoms with Gasteiger partial charge in [-0.25, -0.2) is 17.6 Å². The van der Waals surface area contributed by atoms with Crippen LogP contribution in [0.4, 0.5) is 17.6 Å². The number of nitrogens with two attached hydrogens (primary N) is 1. The molecule has 2 aromatic rings. The van der Waals surface area contributed by atoms with E-state index in [1.54, 1.807) is 0 Å². The highest BCUT2D eigenvalue weighted by Gasteiger charge is 2.22. The zero-order valence-corrected chi connectivity index (χ0v) is 10.5. The van der Waals surface area contributed by atoms with Crippen molar-refractivity contribution >= 4 is 0 Å². The summed E-state index contributed by atoms with van der Waals surface area (Å²) in [6.07, 6.45) is 0. The first-order valence-corrected chi connectivity index (χ1v) is 5.67. The van der Waals surface area contributed by atoms with E-state index in [9.17, 15) is 17.6 Å². The molecule has 20 heavy (non-hydrogen) atoms. The normalized spacial score (nSPS) is 12.3. The van der Waals surface area contributed by atoms with Crippen molar-refractivity contribution in [1.29, 1.82) is 0 Å². The maximum atomic E-state index is 13.8. The van der Waals surface area contributed by atoms with Crippen molar-refractivity contribution < 1.29 is 22.3 Å². The summed E-state index contributed by atoms with van der Waals surface area (Å²) in [5.74, 6) is -3.70. The summed E-state index contributed by atoms with van der Waals surface area (Å²) in [6.45, 7) is 0. The van der Waals surface area contributed by atoms with Crippen molar-refractivity contribution in [3.63, 3.8) is 0 Å². The lowest BCUT2D eigenvalue weighted by atomic mass is 9.98. The van der Waals surface area contributed by atoms with Crippen LogP contribution < -0.4 is 10.5 Å². The second kappa shape index (κ2) is 5.50. The summed E-state index contributed by atoms with van der Waals surface area (Å²) in [6, 6.07) is 3.13. The third-order valence-corrected chi connectivity index (χ3v) is 2.90. The molecule has 0 spiro atoms. The Hall–Kier alpha value is -2.08. The molecule has 0 saturated carbocycles. The zero-order valence-electron chi connectivity index (χ0n) is 10.5. The van der Waals surface area contributed by atoms with Gasteiger partial charge in [0.05, 0.1) is 13.2 Å². The van der Waals surface area contributed by atoms with Crippen LogP contribution in [0.25, 0.3) is 0 Å². The van der Waals surface area contributed by atoms with Crippen LogP contribution in [0.1, 0.15) is 17.2 Å². The van der Waals surface area contributed by atoms with Gasteiger partial charge < -0.3 is 10.5 Å². The highest BCUT2D eigenvalue weighted by Crippen LogP contribution is 2.29. The molecule has 2 nitrogen and oxygen atoms in total. The van der Waals surface area contributed by atoms with Gasteiger partial charge in [0.25, 0.3) is 0 Å². The molecule has 0 radical (unpaired) electrons. The van der Waals surface area contributed by atoms with Gasteiger partial charge in [-0.15, -0.1) is 0 Å². The smallest absolute Gasteiger partial charge is 0.134 e. The van der Waals surface area contributed by atoms with Crippen LogP contribution in [0.15, 0.2) is 30.3 Å². The molecule has 1 unspecified atom stereocenters. The zero-order chi connectivity index (χ0) is 14.9. The molecule has 6 heteroatoms. The molecular formula is C14H11F4NO. The van der Waals surface area contributed by atoms with Gasteiger partial charge in [0.2, 0.25) is 0 Å². The minimum Gasteiger partial charge on any atom is -0.497 e. The Kier molecular flexibility index (Phi) is 3.94. The Balaban J connectivity index is 2.50. The molecule has 2 rings (SSSR count). The number of benzene rings is 2. The van der Waals surface area contributed by atoms with Gasteiger partial charge in [-0.05, 0) is 6.07 Å². The summed E-state index contributed by atoms with van der Waals surface area (Å²) >= 11 is 0. The van der Waals surface area contributed by atoms with Gasteiger partial charge in [-0.1, -0.05) is 6.07 Å². The Morgan fingerprint density at radius 1 is 0.950 bits per heavy atom. The average Bonchev–Trinajstić information content (AvgIpc) is 2.37. The van der Waals surface area contributed by atoms with E-state index in [2.05, 4.69) is 0 Å². The quantitative estimate of drug-likeness (QED) is 0.878. The summed E-state index contributed by atoms with van der Waals surface area (Å²) in [7, 11) is 1.26. The number of hydrogen-bond acceptors (Lipinski definition) is 2. The molecule has 0 aromatic heterocycles. The maximum absolute atomic E-state index is 13.8. The highest BCUT2D eigenvalue weighted by molar-refractivity contribution is 5.38. The first-order valence-electron chi connectivity index (χ1n) is 5.67. The SMILES string of the molecule is COc1cc(F)c(C(N)c2ccc(F)cc2F)c(F)c1. The largest absolute Gasteiger partial charge is 0.497 e. The molecule has 0 bridgehead atoms. The van der Waals surface area contributed by atoms with Crippen LogP contribution in [0.3, 0.4) is 0 Å². The number of ether oxygens (including phenoxy) is 1. The van der Waals surface area contributed by atoms with Gasteiger partial charge in [-0.3, -0.25) is 0 Å². The summed E-state index contributed by atoms with van der Waals surface area (Å²) in [5, 5.41) is 0. The molecule has 106 valence electrons. The molecular weight excluding hydrogens is 274 g/mol. The van der Waals surface area contributed by atoms with Crippen LogP contribution in [0.2, 0.25) is 0 Å². The van der Waals surface area contributed by atoms with Crippen molar-refractivity contribution in [2.45, 2.75) is 6.04 Å². The lowest BCUT2D eigenvalue weighted by Crippen LogP contribution is -2.17. The van der Waals surface area contributed by atoms with Gasteiger partial charge in [-0.2, -0.15) is 0 Å². The Morgan fingerprint density at radius 2 is 1.55 bits per heavy atom. The molecule has 2 N–H and O–H groups in total. The minimum absolute atomic E-state index is 0.0180. The summed E-state index contributed by atoms with van der Waals surface area (Å²) in [5.41, 5.74) is 4.97. The molecule has 2 aromatic carbocycles. The molecule has 1 atom stereocenters. The van der Waals surface area contributed by atoms with Crippen molar-refractivity contribution in [3.8, 4) is 5.75 Å². The van der Waals surface area contributed by atoms with Crippen molar-refractivity contribution in [2.75, 3.05) is 7.11 Å². The molecule has 0 amide bonds. The van der Waals surface area contributed by atoms with Crippen molar-refractivity contribution in [3.05, 3.63) is 64.7 Å². The Morgan fingerprint density at radius 3 is 2.05 bits per heavy atom. The predicted octanol–water partition coefficient (Wildman–Crippen LogP) is 3.30. The summed E-state index contributed by atoms with van der Waals surface area (Å²) in [4.78, 5) is 0. The van der Waals surface area contributed by atoms with Crippen molar-refractivity contribution in [2.24, 2.45) is 5.73 Å². The third kappa shape index (κ3) is 2.60. The van der Waals surface area contributed by atoms with Gasteiger partial charge >= 0.3 is 0 Å². The second-order valence-electron chi connectivity index (χ2n) is 4.15. The van der Waals surface area contributed by atoms with E-state index in [0.717, 1.165) is 24.3 Å². The molecule has 0 aliphatic heterocycles. The van der Waals surface area contributed by atoms with E-state index in [-0.39, 0.29) is 11.3 Å². The van der Waals surface area contributed by atoms with E-state index < -0.39 is 34.9 Å². The fourth-order valence-electron chi connectivity index (χ4n) is 1.89. The maximum Gasteiger partial charge on any atom is 0.134 e. The van der Waals surface area contributed by atoms with Crippen LogP contribution in [-0.2, 0) is 0 Å². The molecule has 0 aliphatic carbocycles. The number of hydrogen-bond donors (Lipinski definition) is 1. The number of halogens is 4. The monoisotopic (exact) mass is 285 g/mol. The fourth-order valence-corrected chi connectivity index (χ4v) is 1.89. The third-order valence-electron chi connectivity index (χ3n) is 2.90. The predicted molar refractivity (Wildman–Crippen MR) is 65.3 cm³/mol. The van der Waals surface area contributed by atoms with Gasteiger partial charge in [0, 0.05) is 29.3 Å².